The lowest BCUT2D eigenvalue weighted by Gasteiger charge is -2.13. The van der Waals surface area contributed by atoms with Gasteiger partial charge in [0.15, 0.2) is 5.82 Å². The van der Waals surface area contributed by atoms with E-state index in [2.05, 4.69) is 45.1 Å². The van der Waals surface area contributed by atoms with Crippen molar-refractivity contribution >= 4 is 55.5 Å². The lowest BCUT2D eigenvalue weighted by molar-refractivity contribution is -0.141. The number of aliphatic imine (C=N–C) groups is 1. The number of fused-ring (bicyclic) bond motifs is 4. The quantitative estimate of drug-likeness (QED) is 0.116. The summed E-state index contributed by atoms with van der Waals surface area (Å²) in [5.41, 5.74) is 9.53. The van der Waals surface area contributed by atoms with Crippen LogP contribution < -0.4 is 10.0 Å². The standard InChI is InChI=1S/C45H40N8O5S2/c1-24-7-17-35(42-39(24)34(21-46)23-47-42)52-60(56,57)37-18-8-29(19-25(37)2)22-48-44(55)33-15-11-31(12-16-33)30-9-13-32(14-10-30)41-40-26(3)27(4)59-45(40)53-28(5)50-51-43(53)36(49-41)20-38(54)58-6/h7-19,23,36,47,52H,20,22H2,1-6H3,(H,48,55)/t36-/m0/s1. The number of sulfonamides is 1. The molecule has 0 radical (unpaired) electrons. The second-order valence-electron chi connectivity index (χ2n) is 14.7. The monoisotopic (exact) mass is 836 g/mol. The van der Waals surface area contributed by atoms with E-state index in [0.717, 1.165) is 54.5 Å². The predicted octanol–water partition coefficient (Wildman–Crippen LogP) is 8.08. The average molecular weight is 837 g/mol. The molecule has 1 atom stereocenters. The van der Waals surface area contributed by atoms with E-state index in [9.17, 15) is 23.3 Å². The maximum atomic E-state index is 13.5. The Morgan fingerprint density at radius 1 is 0.917 bits per heavy atom. The van der Waals surface area contributed by atoms with Gasteiger partial charge in [0.2, 0.25) is 0 Å². The van der Waals surface area contributed by atoms with Crippen LogP contribution in [0.15, 0.2) is 94.9 Å². The van der Waals surface area contributed by atoms with E-state index < -0.39 is 16.1 Å². The van der Waals surface area contributed by atoms with Gasteiger partial charge in [-0.3, -0.25) is 23.9 Å². The molecule has 15 heteroatoms. The Bertz CT molecular complexity index is 3040. The van der Waals surface area contributed by atoms with Gasteiger partial charge < -0.3 is 15.0 Å². The molecule has 1 aliphatic rings. The van der Waals surface area contributed by atoms with Crippen molar-refractivity contribution in [2.24, 2.45) is 4.99 Å². The molecule has 0 saturated carbocycles. The minimum Gasteiger partial charge on any atom is -0.469 e. The molecule has 0 spiro atoms. The van der Waals surface area contributed by atoms with Crippen LogP contribution in [0, 0.1) is 45.9 Å². The van der Waals surface area contributed by atoms with E-state index in [0.29, 0.717) is 44.9 Å². The Morgan fingerprint density at radius 3 is 2.30 bits per heavy atom. The summed E-state index contributed by atoms with van der Waals surface area (Å²) in [6.45, 7) is 9.83. The van der Waals surface area contributed by atoms with Crippen LogP contribution in [0.4, 0.5) is 5.69 Å². The largest absolute Gasteiger partial charge is 0.469 e. The van der Waals surface area contributed by atoms with Gasteiger partial charge >= 0.3 is 5.97 Å². The number of aromatic nitrogens is 4. The van der Waals surface area contributed by atoms with Gasteiger partial charge in [-0.05, 0) is 92.3 Å². The highest BCUT2D eigenvalue weighted by Crippen LogP contribution is 2.40. The topological polar surface area (TPSA) is 184 Å². The molecule has 3 N–H and O–H groups in total. The fourth-order valence-corrected chi connectivity index (χ4v) is 10.1. The molecule has 0 bridgehead atoms. The number of thiophene rings is 1. The number of methoxy groups -OCH3 is 1. The molecule has 60 heavy (non-hydrogen) atoms. The van der Waals surface area contributed by atoms with Crippen molar-refractivity contribution in [2.75, 3.05) is 11.8 Å². The summed E-state index contributed by atoms with van der Waals surface area (Å²) in [4.78, 5) is 35.1. The fraction of sp³-hybridized carbons (Fsp3) is 0.200. The van der Waals surface area contributed by atoms with E-state index in [1.807, 2.05) is 54.8 Å². The third-order valence-corrected chi connectivity index (χ3v) is 13.6. The Labute approximate surface area is 350 Å². The predicted molar refractivity (Wildman–Crippen MR) is 231 cm³/mol. The Hall–Kier alpha value is -6.89. The number of nitrogens with zero attached hydrogens (tertiary/aromatic N) is 5. The number of carbonyl (C=O) groups is 2. The van der Waals surface area contributed by atoms with E-state index in [1.165, 1.54) is 13.2 Å². The molecule has 4 heterocycles. The third kappa shape index (κ3) is 7.24. The summed E-state index contributed by atoms with van der Waals surface area (Å²) >= 11 is 1.65. The Morgan fingerprint density at radius 2 is 1.62 bits per heavy atom. The molecule has 1 aliphatic heterocycles. The Balaban J connectivity index is 0.957. The van der Waals surface area contributed by atoms with Crippen LogP contribution in [0.5, 0.6) is 0 Å². The van der Waals surface area contributed by atoms with Crippen LogP contribution in [0.3, 0.4) is 0 Å². The van der Waals surface area contributed by atoms with E-state index >= 15 is 0 Å². The van der Waals surface area contributed by atoms with Crippen LogP contribution >= 0.6 is 11.3 Å². The number of aromatic amines is 1. The van der Waals surface area contributed by atoms with Gasteiger partial charge in [0, 0.05) is 39.7 Å². The fourth-order valence-electron chi connectivity index (χ4n) is 7.60. The first kappa shape index (κ1) is 39.9. The van der Waals surface area contributed by atoms with Crippen molar-refractivity contribution in [1.82, 2.24) is 25.1 Å². The summed E-state index contributed by atoms with van der Waals surface area (Å²) in [5, 5.41) is 22.8. The molecular weight excluding hydrogens is 797 g/mol. The van der Waals surface area contributed by atoms with Crippen LogP contribution in [-0.4, -0.2) is 52.9 Å². The van der Waals surface area contributed by atoms with Crippen LogP contribution in [0.25, 0.3) is 27.0 Å². The number of nitriles is 1. The first-order valence-electron chi connectivity index (χ1n) is 19.1. The summed E-state index contributed by atoms with van der Waals surface area (Å²) in [5.74, 6) is 0.655. The number of benzene rings is 4. The maximum Gasteiger partial charge on any atom is 0.308 e. The van der Waals surface area contributed by atoms with Gasteiger partial charge in [0.1, 0.15) is 22.9 Å². The molecule has 0 aliphatic carbocycles. The molecule has 0 unspecified atom stereocenters. The SMILES string of the molecule is COC(=O)C[C@@H]1N=C(c2ccc(-c3ccc(C(=O)NCc4ccc(S(=O)(=O)Nc5ccc(C)c6c(C#N)c[nH]c56)c(C)c4)cc3)cc2)c2c(sc(C)c2C)-n2c(C)nnc21. The summed E-state index contributed by atoms with van der Waals surface area (Å²) in [7, 11) is -2.61. The first-order chi connectivity index (χ1) is 28.8. The van der Waals surface area contributed by atoms with Crippen LogP contribution in [-0.2, 0) is 26.1 Å². The van der Waals surface area contributed by atoms with Crippen LogP contribution in [0.2, 0.25) is 0 Å². The lowest BCUT2D eigenvalue weighted by Crippen LogP contribution is -2.23. The molecule has 8 rings (SSSR count). The molecule has 13 nitrogen and oxygen atoms in total. The van der Waals surface area contributed by atoms with Gasteiger partial charge in [-0.25, -0.2) is 8.42 Å². The van der Waals surface area contributed by atoms with Crippen molar-refractivity contribution < 1.29 is 22.7 Å². The number of rotatable bonds is 10. The molecule has 0 fully saturated rings. The minimum absolute atomic E-state index is 0.0245. The number of anilines is 1. The second-order valence-corrected chi connectivity index (χ2v) is 17.6. The number of aryl methyl sites for hydroxylation is 4. The highest BCUT2D eigenvalue weighted by atomic mass is 32.2. The van der Waals surface area contributed by atoms with Crippen molar-refractivity contribution in [3.8, 4) is 22.2 Å². The van der Waals surface area contributed by atoms with Gasteiger partial charge in [0.05, 0.1) is 40.9 Å². The summed E-state index contributed by atoms with van der Waals surface area (Å²) in [6, 6.07) is 25.3. The molecule has 1 amide bonds. The average Bonchev–Trinajstić information content (AvgIpc) is 3.92. The Kier molecular flexibility index (Phi) is 10.4. The number of H-pyrrole nitrogens is 1. The zero-order valence-electron chi connectivity index (χ0n) is 33.7. The van der Waals surface area contributed by atoms with Gasteiger partial charge in [-0.2, -0.15) is 5.26 Å². The summed E-state index contributed by atoms with van der Waals surface area (Å²) < 4.78 is 36.7. The lowest BCUT2D eigenvalue weighted by atomic mass is 9.96. The van der Waals surface area contributed by atoms with Crippen LogP contribution in [0.1, 0.15) is 78.3 Å². The third-order valence-electron chi connectivity index (χ3n) is 10.9. The molecular formula is C45H40N8O5S2. The smallest absolute Gasteiger partial charge is 0.308 e. The second kappa shape index (κ2) is 15.7. The zero-order valence-corrected chi connectivity index (χ0v) is 35.3. The van der Waals surface area contributed by atoms with Gasteiger partial charge in [-0.15, -0.1) is 21.5 Å². The number of hydrogen-bond acceptors (Lipinski definition) is 10. The van der Waals surface area contributed by atoms with Gasteiger partial charge in [-0.1, -0.05) is 54.6 Å². The first-order valence-corrected chi connectivity index (χ1v) is 21.4. The number of amides is 1. The highest BCUT2D eigenvalue weighted by molar-refractivity contribution is 7.92. The number of ether oxygens (including phenoxy) is 1. The highest BCUT2D eigenvalue weighted by Gasteiger charge is 2.32. The molecule has 0 saturated heterocycles. The van der Waals surface area contributed by atoms with E-state index in [1.54, 1.807) is 60.9 Å². The minimum atomic E-state index is -3.97. The van der Waals surface area contributed by atoms with E-state index in [4.69, 9.17) is 9.73 Å². The molecule has 302 valence electrons. The van der Waals surface area contributed by atoms with E-state index in [-0.39, 0.29) is 29.7 Å². The normalized spacial score (nSPS) is 13.5. The van der Waals surface area contributed by atoms with Crippen molar-refractivity contribution in [3.63, 3.8) is 0 Å². The molecule has 7 aromatic rings. The number of esters is 1. The van der Waals surface area contributed by atoms with Crippen molar-refractivity contribution in [1.29, 1.82) is 5.26 Å². The van der Waals surface area contributed by atoms with Crippen molar-refractivity contribution in [3.05, 3.63) is 146 Å². The number of hydrogen-bond donors (Lipinski definition) is 3. The number of carbonyl (C=O) groups excluding carboxylic acids is 2. The molecule has 4 aromatic carbocycles. The maximum absolute atomic E-state index is 13.5. The van der Waals surface area contributed by atoms with Crippen molar-refractivity contribution in [2.45, 2.75) is 58.5 Å². The number of nitrogens with one attached hydrogen (secondary N) is 3. The zero-order chi connectivity index (χ0) is 42.5. The van der Waals surface area contributed by atoms with Gasteiger partial charge in [0.25, 0.3) is 15.9 Å². The summed E-state index contributed by atoms with van der Waals surface area (Å²) in [6.07, 6.45) is 1.59. The molecule has 3 aromatic heterocycles.